The molecule has 1 aliphatic rings. The first-order valence-electron chi connectivity index (χ1n) is 2.57. The highest BCUT2D eigenvalue weighted by molar-refractivity contribution is 4.94. The molecule has 48 valence electrons. The van der Waals surface area contributed by atoms with Gasteiger partial charge in [-0.25, -0.2) is 8.78 Å². The van der Waals surface area contributed by atoms with E-state index in [1.54, 1.807) is 7.05 Å². The second kappa shape index (κ2) is 1.41. The zero-order valence-corrected chi connectivity index (χ0v) is 4.99. The van der Waals surface area contributed by atoms with Gasteiger partial charge in [-0.2, -0.15) is 0 Å². The van der Waals surface area contributed by atoms with Crippen LogP contribution in [0.2, 0.25) is 0 Å². The predicted octanol–water partition coefficient (Wildman–Crippen LogP) is 0.956. The second-order valence-corrected chi connectivity index (χ2v) is 2.53. The van der Waals surface area contributed by atoms with Crippen molar-refractivity contribution in [2.24, 2.45) is 0 Å². The topological polar surface area (TPSA) is 3.24 Å². The number of hydrogen-bond donors (Lipinski definition) is 0. The molecule has 2 atom stereocenters. The molecule has 1 nitrogen and oxygen atoms in total. The first kappa shape index (κ1) is 5.95. The van der Waals surface area contributed by atoms with Crippen LogP contribution in [0.3, 0.4) is 0 Å². The molecule has 8 heavy (non-hydrogen) atoms. The second-order valence-electron chi connectivity index (χ2n) is 2.53. The van der Waals surface area contributed by atoms with E-state index in [-0.39, 0.29) is 6.54 Å². The van der Waals surface area contributed by atoms with E-state index in [1.807, 2.05) is 0 Å². The van der Waals surface area contributed by atoms with Gasteiger partial charge in [0.2, 0.25) is 0 Å². The summed E-state index contributed by atoms with van der Waals surface area (Å²) in [5, 5.41) is 0. The first-order chi connectivity index (χ1) is 3.54. The van der Waals surface area contributed by atoms with Crippen molar-refractivity contribution >= 4 is 0 Å². The number of halogens is 2. The molecule has 0 saturated carbocycles. The number of likely N-dealkylation sites (tertiary alicyclic amines) is 1. The van der Waals surface area contributed by atoms with Crippen molar-refractivity contribution in [2.75, 3.05) is 13.6 Å². The third-order valence-corrected chi connectivity index (χ3v) is 1.44. The van der Waals surface area contributed by atoms with E-state index >= 15 is 0 Å². The van der Waals surface area contributed by atoms with E-state index in [4.69, 9.17) is 0 Å². The summed E-state index contributed by atoms with van der Waals surface area (Å²) in [6.45, 7) is 1.49. The fourth-order valence-corrected chi connectivity index (χ4v) is 0.990. The quantitative estimate of drug-likeness (QED) is 0.431. The van der Waals surface area contributed by atoms with Crippen LogP contribution in [0.1, 0.15) is 6.92 Å². The number of hydrogen-bond acceptors (Lipinski definition) is 1. The molecule has 0 spiro atoms. The molecule has 0 amide bonds. The molecule has 1 saturated heterocycles. The average molecular weight is 121 g/mol. The van der Waals surface area contributed by atoms with Crippen LogP contribution in [0.4, 0.5) is 8.78 Å². The third-order valence-electron chi connectivity index (χ3n) is 1.44. The Morgan fingerprint density at radius 1 is 1.75 bits per heavy atom. The van der Waals surface area contributed by atoms with Crippen LogP contribution < -0.4 is 0 Å². The highest BCUT2D eigenvalue weighted by Crippen LogP contribution is 2.31. The van der Waals surface area contributed by atoms with Gasteiger partial charge in [0, 0.05) is 6.54 Å². The molecular weight excluding hydrogens is 112 g/mol. The molecular formula is C5H9F2N. The Bertz CT molecular complexity index is 103. The Balaban J connectivity index is 2.47. The van der Waals surface area contributed by atoms with E-state index in [0.29, 0.717) is 0 Å². The minimum absolute atomic E-state index is 0.216. The van der Waals surface area contributed by atoms with Crippen LogP contribution >= 0.6 is 0 Å². The van der Waals surface area contributed by atoms with Crippen molar-refractivity contribution in [1.29, 1.82) is 0 Å². The van der Waals surface area contributed by atoms with Crippen molar-refractivity contribution in [3.8, 4) is 0 Å². The number of nitrogens with zero attached hydrogens (tertiary/aromatic N) is 1. The van der Waals surface area contributed by atoms with Gasteiger partial charge in [-0.3, -0.25) is 4.90 Å². The van der Waals surface area contributed by atoms with Crippen LogP contribution in [-0.2, 0) is 0 Å². The fraction of sp³-hybridized carbons (Fsp3) is 1.00. The lowest BCUT2D eigenvalue weighted by Gasteiger charge is -2.43. The molecule has 0 bridgehead atoms. The van der Waals surface area contributed by atoms with Gasteiger partial charge < -0.3 is 0 Å². The van der Waals surface area contributed by atoms with E-state index in [1.165, 1.54) is 11.8 Å². The van der Waals surface area contributed by atoms with E-state index in [9.17, 15) is 8.78 Å². The summed E-state index contributed by atoms with van der Waals surface area (Å²) < 4.78 is 24.7. The average Bonchev–Trinajstić information content (AvgIpc) is 1.65. The maximum absolute atomic E-state index is 12.4. The zero-order valence-electron chi connectivity index (χ0n) is 4.99. The molecule has 0 aromatic heterocycles. The number of rotatable bonds is 0. The van der Waals surface area contributed by atoms with Gasteiger partial charge >= 0.3 is 0 Å². The van der Waals surface area contributed by atoms with Crippen LogP contribution in [0, 0.1) is 0 Å². The van der Waals surface area contributed by atoms with Gasteiger partial charge in [-0.15, -0.1) is 0 Å². The van der Waals surface area contributed by atoms with Crippen LogP contribution in [0.25, 0.3) is 0 Å². The van der Waals surface area contributed by atoms with Gasteiger partial charge in [-0.1, -0.05) is 0 Å². The lowest BCUT2D eigenvalue weighted by Crippen LogP contribution is -2.61. The van der Waals surface area contributed by atoms with Crippen molar-refractivity contribution in [3.05, 3.63) is 0 Å². The van der Waals surface area contributed by atoms with Crippen molar-refractivity contribution in [1.82, 2.24) is 4.90 Å². The molecule has 0 aliphatic carbocycles. The first-order valence-corrected chi connectivity index (χ1v) is 2.57. The molecule has 0 N–H and O–H groups in total. The summed E-state index contributed by atoms with van der Waals surface area (Å²) in [6, 6.07) is 0. The summed E-state index contributed by atoms with van der Waals surface area (Å²) in [5.74, 6) is 0. The summed E-state index contributed by atoms with van der Waals surface area (Å²) >= 11 is 0. The van der Waals surface area contributed by atoms with Gasteiger partial charge in [-0.05, 0) is 14.0 Å². The molecule has 1 heterocycles. The minimum Gasteiger partial charge on any atom is -0.271 e. The highest BCUT2D eigenvalue weighted by atomic mass is 19.2. The van der Waals surface area contributed by atoms with Crippen molar-refractivity contribution in [2.45, 2.75) is 18.9 Å². The minimum atomic E-state index is -1.59. The molecule has 3 heteroatoms. The lowest BCUT2D eigenvalue weighted by atomic mass is 9.98. The van der Waals surface area contributed by atoms with Crippen LogP contribution in [-0.4, -0.2) is 30.5 Å². The molecule has 2 unspecified atom stereocenters. The molecule has 1 rings (SSSR count). The molecule has 1 aliphatic heterocycles. The predicted molar refractivity (Wildman–Crippen MR) is 27.0 cm³/mol. The molecule has 0 aromatic carbocycles. The molecule has 0 radical (unpaired) electrons. The van der Waals surface area contributed by atoms with E-state index < -0.39 is 12.0 Å². The SMILES string of the molecule is CN1CC(C)(F)C1F. The summed E-state index contributed by atoms with van der Waals surface area (Å²) in [4.78, 5) is 1.33. The van der Waals surface area contributed by atoms with Crippen molar-refractivity contribution in [3.63, 3.8) is 0 Å². The normalized spacial score (nSPS) is 48.8. The maximum atomic E-state index is 12.4. The number of alkyl halides is 2. The van der Waals surface area contributed by atoms with Gasteiger partial charge in [0.05, 0.1) is 0 Å². The zero-order chi connectivity index (χ0) is 6.36. The molecule has 1 fully saturated rings. The molecule has 0 aromatic rings. The third kappa shape index (κ3) is 0.616. The largest absolute Gasteiger partial charge is 0.271 e. The smallest absolute Gasteiger partial charge is 0.188 e. The van der Waals surface area contributed by atoms with Gasteiger partial charge in [0.15, 0.2) is 12.0 Å². The van der Waals surface area contributed by atoms with E-state index in [2.05, 4.69) is 0 Å². The van der Waals surface area contributed by atoms with E-state index in [0.717, 1.165) is 0 Å². The maximum Gasteiger partial charge on any atom is 0.188 e. The standard InChI is InChI=1S/C5H9F2N/c1-5(7)3-8(2)4(5)6/h4H,3H2,1-2H3. The summed E-state index contributed by atoms with van der Waals surface area (Å²) in [6.07, 6.45) is -1.39. The van der Waals surface area contributed by atoms with Crippen LogP contribution in [0.5, 0.6) is 0 Å². The van der Waals surface area contributed by atoms with Gasteiger partial charge in [0.1, 0.15) is 0 Å². The summed E-state index contributed by atoms with van der Waals surface area (Å²) in [5.41, 5.74) is -1.59. The Morgan fingerprint density at radius 3 is 2.25 bits per heavy atom. The Hall–Kier alpha value is -0.180. The summed E-state index contributed by atoms with van der Waals surface area (Å²) in [7, 11) is 1.56. The Kier molecular flexibility index (Phi) is 1.05. The monoisotopic (exact) mass is 121 g/mol. The Morgan fingerprint density at radius 2 is 2.25 bits per heavy atom. The van der Waals surface area contributed by atoms with Crippen molar-refractivity contribution < 1.29 is 8.78 Å². The fourth-order valence-electron chi connectivity index (χ4n) is 0.990. The van der Waals surface area contributed by atoms with Gasteiger partial charge in [0.25, 0.3) is 0 Å². The lowest BCUT2D eigenvalue weighted by molar-refractivity contribution is -0.137. The Labute approximate surface area is 47.3 Å². The van der Waals surface area contributed by atoms with Crippen LogP contribution in [0.15, 0.2) is 0 Å². The highest BCUT2D eigenvalue weighted by Gasteiger charge is 2.48.